The lowest BCUT2D eigenvalue weighted by atomic mass is 10.0. The molecule has 0 amide bonds. The second-order valence-electron chi connectivity index (χ2n) is 8.67. The normalized spacial score (nSPS) is 10.7. The van der Waals surface area contributed by atoms with E-state index >= 15 is 0 Å². The number of ether oxygens (including phenoxy) is 3. The molecule has 0 spiro atoms. The van der Waals surface area contributed by atoms with Crippen LogP contribution in [0.1, 0.15) is 30.9 Å². The number of aliphatic hydroxyl groups excluding tert-OH is 1. The molecule has 0 saturated heterocycles. The van der Waals surface area contributed by atoms with Crippen molar-refractivity contribution in [2.45, 2.75) is 19.8 Å². The molecular weight excluding hydrogens is 480 g/mol. The molecule has 0 fully saturated rings. The number of carbonyl (C=O) groups is 2. The van der Waals surface area contributed by atoms with Gasteiger partial charge in [-0.3, -0.25) is 0 Å². The number of unbranched alkanes of at least 4 members (excludes halogenated alkanes) is 1. The highest BCUT2D eigenvalue weighted by Crippen LogP contribution is 2.24. The summed E-state index contributed by atoms with van der Waals surface area (Å²) in [5, 5.41) is 8.84. The summed E-state index contributed by atoms with van der Waals surface area (Å²) in [6, 6.07) is 23.5. The summed E-state index contributed by atoms with van der Waals surface area (Å²) in [6.07, 6.45) is 5.43. The lowest BCUT2D eigenvalue weighted by molar-refractivity contribution is -0.139. The highest BCUT2D eigenvalue weighted by molar-refractivity contribution is 5.89. The Morgan fingerprint density at radius 3 is 1.79 bits per heavy atom. The zero-order valence-corrected chi connectivity index (χ0v) is 21.5. The fourth-order valence-electron chi connectivity index (χ4n) is 3.29. The standard InChI is InChI=1S/C32H32O6/c1-23(2)31(34)38-30-16-10-26(11-17-30)7-6-25-8-12-27(13-9-25)28-14-18-29(19-15-28)36-20-4-5-21-37-32(35)24(3)22-33/h6-19,33H,1,3-5,20-22H2,2H3/b7-6+. The summed E-state index contributed by atoms with van der Waals surface area (Å²) in [4.78, 5) is 23.0. The van der Waals surface area contributed by atoms with E-state index in [0.717, 1.165) is 34.4 Å². The van der Waals surface area contributed by atoms with Crippen LogP contribution >= 0.6 is 0 Å². The lowest BCUT2D eigenvalue weighted by Crippen LogP contribution is -2.11. The van der Waals surface area contributed by atoms with Crippen LogP contribution in [0.5, 0.6) is 11.5 Å². The molecule has 3 aromatic rings. The third kappa shape index (κ3) is 8.91. The van der Waals surface area contributed by atoms with Gasteiger partial charge in [-0.1, -0.05) is 73.8 Å². The molecule has 3 rings (SSSR count). The van der Waals surface area contributed by atoms with Crippen molar-refractivity contribution >= 4 is 24.1 Å². The van der Waals surface area contributed by atoms with Crippen LogP contribution in [0.15, 0.2) is 97.1 Å². The van der Waals surface area contributed by atoms with Gasteiger partial charge in [-0.25, -0.2) is 9.59 Å². The SMILES string of the molecule is C=C(C)C(=O)Oc1ccc(/C=C/c2ccc(-c3ccc(OCCCCOC(=O)C(=C)CO)cc3)cc2)cc1. The number of carbonyl (C=O) groups excluding carboxylic acids is 2. The molecule has 196 valence electrons. The molecule has 0 atom stereocenters. The maximum absolute atomic E-state index is 11.6. The van der Waals surface area contributed by atoms with E-state index in [0.29, 0.717) is 24.4 Å². The summed E-state index contributed by atoms with van der Waals surface area (Å²) in [5.41, 5.74) is 4.66. The van der Waals surface area contributed by atoms with Gasteiger partial charge >= 0.3 is 11.9 Å². The number of hydrogen-bond acceptors (Lipinski definition) is 6. The summed E-state index contributed by atoms with van der Waals surface area (Å²) in [7, 11) is 0. The fraction of sp³-hybridized carbons (Fsp3) is 0.188. The Morgan fingerprint density at radius 1 is 0.737 bits per heavy atom. The van der Waals surface area contributed by atoms with E-state index in [1.165, 1.54) is 0 Å². The molecule has 6 heteroatoms. The molecule has 6 nitrogen and oxygen atoms in total. The van der Waals surface area contributed by atoms with Gasteiger partial charge in [0.1, 0.15) is 11.5 Å². The van der Waals surface area contributed by atoms with Gasteiger partial charge in [0.25, 0.3) is 0 Å². The van der Waals surface area contributed by atoms with Gasteiger partial charge < -0.3 is 19.3 Å². The first kappa shape index (κ1) is 28.2. The van der Waals surface area contributed by atoms with Crippen molar-refractivity contribution < 1.29 is 28.9 Å². The summed E-state index contributed by atoms with van der Waals surface area (Å²) in [6.45, 7) is 9.01. The molecule has 0 bridgehead atoms. The van der Waals surface area contributed by atoms with E-state index < -0.39 is 18.5 Å². The smallest absolute Gasteiger partial charge is 0.338 e. The Hall–Kier alpha value is -4.42. The van der Waals surface area contributed by atoms with Gasteiger partial charge in [-0.2, -0.15) is 0 Å². The number of aliphatic hydroxyl groups is 1. The first-order valence-corrected chi connectivity index (χ1v) is 12.3. The Morgan fingerprint density at radius 2 is 1.24 bits per heavy atom. The van der Waals surface area contributed by atoms with Crippen molar-refractivity contribution in [2.24, 2.45) is 0 Å². The van der Waals surface area contributed by atoms with Gasteiger partial charge in [0.15, 0.2) is 0 Å². The first-order valence-electron chi connectivity index (χ1n) is 12.3. The van der Waals surface area contributed by atoms with Crippen LogP contribution < -0.4 is 9.47 Å². The van der Waals surface area contributed by atoms with Gasteiger partial charge in [-0.15, -0.1) is 0 Å². The summed E-state index contributed by atoms with van der Waals surface area (Å²) >= 11 is 0. The predicted molar refractivity (Wildman–Crippen MR) is 150 cm³/mol. The molecule has 0 aliphatic carbocycles. The molecule has 0 heterocycles. The zero-order chi connectivity index (χ0) is 27.3. The first-order chi connectivity index (χ1) is 18.4. The molecule has 38 heavy (non-hydrogen) atoms. The summed E-state index contributed by atoms with van der Waals surface area (Å²) < 4.78 is 16.0. The van der Waals surface area contributed by atoms with Crippen LogP contribution in [0, 0.1) is 0 Å². The van der Waals surface area contributed by atoms with E-state index in [1.807, 2.05) is 48.6 Å². The number of benzene rings is 3. The van der Waals surface area contributed by atoms with Crippen molar-refractivity contribution in [3.63, 3.8) is 0 Å². The van der Waals surface area contributed by atoms with Crippen LogP contribution in [0.3, 0.4) is 0 Å². The molecule has 0 unspecified atom stereocenters. The Balaban J connectivity index is 1.44. The quantitative estimate of drug-likeness (QED) is 0.0958. The van der Waals surface area contributed by atoms with Crippen LogP contribution in [0.4, 0.5) is 0 Å². The second-order valence-corrected chi connectivity index (χ2v) is 8.67. The highest BCUT2D eigenvalue weighted by atomic mass is 16.5. The van der Waals surface area contributed by atoms with Crippen LogP contribution in [-0.4, -0.2) is 36.9 Å². The Bertz CT molecular complexity index is 1270. The van der Waals surface area contributed by atoms with E-state index in [4.69, 9.17) is 19.3 Å². The molecule has 0 saturated carbocycles. The minimum absolute atomic E-state index is 0.0553. The monoisotopic (exact) mass is 512 g/mol. The molecule has 0 aliphatic rings. The topological polar surface area (TPSA) is 82.1 Å². The zero-order valence-electron chi connectivity index (χ0n) is 21.5. The van der Waals surface area contributed by atoms with E-state index in [2.05, 4.69) is 37.4 Å². The lowest BCUT2D eigenvalue weighted by Gasteiger charge is -2.08. The van der Waals surface area contributed by atoms with Crippen LogP contribution in [0.2, 0.25) is 0 Å². The van der Waals surface area contributed by atoms with Crippen molar-refractivity contribution in [1.29, 1.82) is 0 Å². The van der Waals surface area contributed by atoms with Crippen molar-refractivity contribution in [2.75, 3.05) is 19.8 Å². The van der Waals surface area contributed by atoms with E-state index in [-0.39, 0.29) is 12.2 Å². The van der Waals surface area contributed by atoms with Gasteiger partial charge in [0.2, 0.25) is 0 Å². The third-order valence-electron chi connectivity index (χ3n) is 5.53. The fourth-order valence-corrected chi connectivity index (χ4v) is 3.29. The average Bonchev–Trinajstić information content (AvgIpc) is 2.94. The Kier molecular flexibility index (Phi) is 10.6. The van der Waals surface area contributed by atoms with Gasteiger partial charge in [-0.05, 0) is 66.3 Å². The molecule has 3 aromatic carbocycles. The van der Waals surface area contributed by atoms with Gasteiger partial charge in [0, 0.05) is 5.57 Å². The van der Waals surface area contributed by atoms with Crippen LogP contribution in [-0.2, 0) is 14.3 Å². The number of esters is 2. The largest absolute Gasteiger partial charge is 0.494 e. The molecular formula is C32H32O6. The number of rotatable bonds is 13. The van der Waals surface area contributed by atoms with Gasteiger partial charge in [0.05, 0.1) is 25.4 Å². The Labute approximate surface area is 223 Å². The predicted octanol–water partition coefficient (Wildman–Crippen LogP) is 6.26. The summed E-state index contributed by atoms with van der Waals surface area (Å²) in [5.74, 6) is 0.262. The highest BCUT2D eigenvalue weighted by Gasteiger charge is 2.07. The minimum Gasteiger partial charge on any atom is -0.494 e. The molecule has 0 aromatic heterocycles. The van der Waals surface area contributed by atoms with Crippen molar-refractivity contribution in [3.05, 3.63) is 108 Å². The van der Waals surface area contributed by atoms with Crippen molar-refractivity contribution in [3.8, 4) is 22.6 Å². The van der Waals surface area contributed by atoms with E-state index in [1.54, 1.807) is 19.1 Å². The van der Waals surface area contributed by atoms with E-state index in [9.17, 15) is 9.59 Å². The van der Waals surface area contributed by atoms with Crippen LogP contribution in [0.25, 0.3) is 23.3 Å². The second kappa shape index (κ2) is 14.4. The molecule has 1 N–H and O–H groups in total. The third-order valence-corrected chi connectivity index (χ3v) is 5.53. The molecule has 0 radical (unpaired) electrons. The maximum Gasteiger partial charge on any atom is 0.338 e. The number of hydrogen-bond donors (Lipinski definition) is 1. The maximum atomic E-state index is 11.6. The average molecular weight is 513 g/mol. The molecule has 0 aliphatic heterocycles. The van der Waals surface area contributed by atoms with Crippen molar-refractivity contribution in [1.82, 2.24) is 0 Å². The minimum atomic E-state index is -0.567.